The van der Waals surface area contributed by atoms with Gasteiger partial charge in [0.2, 0.25) is 0 Å². The van der Waals surface area contributed by atoms with E-state index < -0.39 is 0 Å². The van der Waals surface area contributed by atoms with Gasteiger partial charge in [0.15, 0.2) is 0 Å². The van der Waals surface area contributed by atoms with Gasteiger partial charge in [0.1, 0.15) is 17.8 Å². The van der Waals surface area contributed by atoms with Crippen molar-refractivity contribution in [2.24, 2.45) is 4.99 Å². The Morgan fingerprint density at radius 3 is 2.57 bits per heavy atom. The highest BCUT2D eigenvalue weighted by molar-refractivity contribution is 9.10. The summed E-state index contributed by atoms with van der Waals surface area (Å²) in [6.07, 6.45) is 2.15. The summed E-state index contributed by atoms with van der Waals surface area (Å²) in [5.74, 6) is 1.53. The fourth-order valence-corrected chi connectivity index (χ4v) is 3.63. The third-order valence-corrected chi connectivity index (χ3v) is 5.69. The normalized spacial score (nSPS) is 20.5. The van der Waals surface area contributed by atoms with E-state index in [1.54, 1.807) is 12.4 Å². The third kappa shape index (κ3) is 5.47. The Hall–Kier alpha value is -1.60. The summed E-state index contributed by atoms with van der Waals surface area (Å²) in [5.41, 5.74) is 6.21. The molecule has 1 saturated heterocycles. The van der Waals surface area contributed by atoms with E-state index in [9.17, 15) is 0 Å². The third-order valence-electron chi connectivity index (χ3n) is 4.48. The van der Waals surface area contributed by atoms with Crippen molar-refractivity contribution in [3.05, 3.63) is 51.0 Å². The number of rotatable bonds is 5. The molecule has 1 N–H and O–H groups in total. The SMILES string of the molecule is Cc1cc(Oc2ccc(Cl)c(Br)c2)c(C)cc1N=CNN1CC(C)OC(C)C1. The van der Waals surface area contributed by atoms with E-state index >= 15 is 0 Å². The van der Waals surface area contributed by atoms with E-state index in [4.69, 9.17) is 21.1 Å². The second kappa shape index (κ2) is 9.27. The molecule has 0 bridgehead atoms. The van der Waals surface area contributed by atoms with Crippen LogP contribution in [0.25, 0.3) is 0 Å². The van der Waals surface area contributed by atoms with Gasteiger partial charge in [-0.25, -0.2) is 10.0 Å². The molecule has 0 aromatic heterocycles. The highest BCUT2D eigenvalue weighted by Crippen LogP contribution is 2.34. The molecule has 0 saturated carbocycles. The molecule has 0 aliphatic carbocycles. The Labute approximate surface area is 179 Å². The van der Waals surface area contributed by atoms with Crippen LogP contribution in [0.15, 0.2) is 39.8 Å². The van der Waals surface area contributed by atoms with Crippen molar-refractivity contribution in [2.75, 3.05) is 13.1 Å². The molecule has 150 valence electrons. The van der Waals surface area contributed by atoms with Crippen LogP contribution in [0, 0.1) is 13.8 Å². The number of nitrogens with one attached hydrogen (secondary N) is 1. The van der Waals surface area contributed by atoms with Crippen molar-refractivity contribution in [1.82, 2.24) is 10.4 Å². The highest BCUT2D eigenvalue weighted by atomic mass is 79.9. The summed E-state index contributed by atoms with van der Waals surface area (Å²) in [5, 5.41) is 2.78. The molecule has 3 rings (SSSR count). The summed E-state index contributed by atoms with van der Waals surface area (Å²) in [6, 6.07) is 9.54. The fourth-order valence-electron chi connectivity index (χ4n) is 3.15. The van der Waals surface area contributed by atoms with E-state index in [0.717, 1.165) is 45.9 Å². The predicted octanol–water partition coefficient (Wildman–Crippen LogP) is 5.79. The maximum atomic E-state index is 6.05. The number of hydrazine groups is 1. The van der Waals surface area contributed by atoms with Crippen LogP contribution < -0.4 is 10.2 Å². The van der Waals surface area contributed by atoms with Crippen LogP contribution in [0.5, 0.6) is 11.5 Å². The number of ether oxygens (including phenoxy) is 2. The zero-order valence-electron chi connectivity index (χ0n) is 16.5. The van der Waals surface area contributed by atoms with Crippen LogP contribution in [-0.4, -0.2) is 36.6 Å². The van der Waals surface area contributed by atoms with Gasteiger partial charge in [0.05, 0.1) is 22.9 Å². The zero-order chi connectivity index (χ0) is 20.3. The number of benzene rings is 2. The van der Waals surface area contributed by atoms with Crippen molar-refractivity contribution < 1.29 is 9.47 Å². The summed E-state index contributed by atoms with van der Waals surface area (Å²) in [7, 11) is 0. The molecule has 2 atom stereocenters. The minimum absolute atomic E-state index is 0.206. The molecule has 0 amide bonds. The molecule has 1 aliphatic rings. The van der Waals surface area contributed by atoms with Crippen molar-refractivity contribution >= 4 is 39.6 Å². The van der Waals surface area contributed by atoms with E-state index in [2.05, 4.69) is 45.2 Å². The Kier molecular flexibility index (Phi) is 6.99. The van der Waals surface area contributed by atoms with Gasteiger partial charge in [-0.3, -0.25) is 0 Å². The average Bonchev–Trinajstić information content (AvgIpc) is 2.61. The summed E-state index contributed by atoms with van der Waals surface area (Å²) >= 11 is 9.47. The molecule has 1 aliphatic heterocycles. The lowest BCUT2D eigenvalue weighted by atomic mass is 10.1. The molecule has 5 nitrogen and oxygen atoms in total. The smallest absolute Gasteiger partial charge is 0.130 e. The van der Waals surface area contributed by atoms with Gasteiger partial charge in [-0.15, -0.1) is 0 Å². The lowest BCUT2D eigenvalue weighted by molar-refractivity contribution is -0.0760. The Morgan fingerprint density at radius 1 is 1.18 bits per heavy atom. The molecule has 0 radical (unpaired) electrons. The average molecular weight is 467 g/mol. The van der Waals surface area contributed by atoms with Crippen LogP contribution in [0.4, 0.5) is 5.69 Å². The minimum atomic E-state index is 0.206. The van der Waals surface area contributed by atoms with Crippen molar-refractivity contribution in [1.29, 1.82) is 0 Å². The summed E-state index contributed by atoms with van der Waals surface area (Å²) < 4.78 is 12.6. The number of hydrogen-bond donors (Lipinski definition) is 1. The van der Waals surface area contributed by atoms with Gasteiger partial charge >= 0.3 is 0 Å². The number of morpholine rings is 1. The van der Waals surface area contributed by atoms with Crippen molar-refractivity contribution in [3.63, 3.8) is 0 Å². The standard InChI is InChI=1S/C21H25BrClN3O2/c1-13-8-21(28-17-5-6-19(23)18(22)9-17)14(2)7-20(13)24-12-25-26-10-15(3)27-16(4)11-26/h5-9,12,15-16H,10-11H2,1-4H3,(H,24,25). The quantitative estimate of drug-likeness (QED) is 0.448. The predicted molar refractivity (Wildman–Crippen MR) is 118 cm³/mol. The van der Waals surface area contributed by atoms with Gasteiger partial charge in [0, 0.05) is 17.6 Å². The van der Waals surface area contributed by atoms with Gasteiger partial charge in [-0.2, -0.15) is 0 Å². The van der Waals surface area contributed by atoms with Crippen LogP contribution in [0.3, 0.4) is 0 Å². The molecule has 7 heteroatoms. The largest absolute Gasteiger partial charge is 0.457 e. The Balaban J connectivity index is 1.68. The minimum Gasteiger partial charge on any atom is -0.457 e. The molecule has 0 spiro atoms. The van der Waals surface area contributed by atoms with Crippen LogP contribution in [0.2, 0.25) is 5.02 Å². The maximum Gasteiger partial charge on any atom is 0.130 e. The van der Waals surface area contributed by atoms with Crippen molar-refractivity contribution in [3.8, 4) is 11.5 Å². The first-order valence-electron chi connectivity index (χ1n) is 9.25. The van der Waals surface area contributed by atoms with Gasteiger partial charge in [0.25, 0.3) is 0 Å². The van der Waals surface area contributed by atoms with Crippen LogP contribution in [-0.2, 0) is 4.74 Å². The van der Waals surface area contributed by atoms with Crippen molar-refractivity contribution in [2.45, 2.75) is 39.9 Å². The van der Waals surface area contributed by atoms with E-state index in [1.165, 1.54) is 0 Å². The number of hydrogen-bond acceptors (Lipinski definition) is 4. The summed E-state index contributed by atoms with van der Waals surface area (Å²) in [4.78, 5) is 4.59. The van der Waals surface area contributed by atoms with Gasteiger partial charge in [-0.05, 0) is 85.1 Å². The molecular weight excluding hydrogens is 442 g/mol. The molecule has 2 aromatic rings. The number of aryl methyl sites for hydroxylation is 2. The topological polar surface area (TPSA) is 46.1 Å². The first-order chi connectivity index (χ1) is 13.3. The highest BCUT2D eigenvalue weighted by Gasteiger charge is 2.21. The molecule has 2 unspecified atom stereocenters. The number of nitrogens with zero attached hydrogens (tertiary/aromatic N) is 2. The Morgan fingerprint density at radius 2 is 1.89 bits per heavy atom. The number of aliphatic imine (C=N–C) groups is 1. The van der Waals surface area contributed by atoms with E-state index in [0.29, 0.717) is 5.02 Å². The van der Waals surface area contributed by atoms with Gasteiger partial charge < -0.3 is 14.9 Å². The second-order valence-electron chi connectivity index (χ2n) is 7.13. The molecule has 1 fully saturated rings. The van der Waals surface area contributed by atoms with Gasteiger partial charge in [-0.1, -0.05) is 11.6 Å². The van der Waals surface area contributed by atoms with Crippen LogP contribution >= 0.6 is 27.5 Å². The Bertz CT molecular complexity index is 865. The zero-order valence-corrected chi connectivity index (χ0v) is 18.8. The lowest BCUT2D eigenvalue weighted by Gasteiger charge is -2.34. The maximum absolute atomic E-state index is 6.05. The molecule has 28 heavy (non-hydrogen) atoms. The second-order valence-corrected chi connectivity index (χ2v) is 8.39. The molecular formula is C21H25BrClN3O2. The summed E-state index contributed by atoms with van der Waals surface area (Å²) in [6.45, 7) is 9.85. The van der Waals surface area contributed by atoms with Crippen LogP contribution in [0.1, 0.15) is 25.0 Å². The first-order valence-corrected chi connectivity index (χ1v) is 10.4. The molecule has 1 heterocycles. The number of halogens is 2. The van der Waals surface area contributed by atoms with E-state index in [-0.39, 0.29) is 12.2 Å². The lowest BCUT2D eigenvalue weighted by Crippen LogP contribution is -2.51. The monoisotopic (exact) mass is 465 g/mol. The fraction of sp³-hybridized carbons (Fsp3) is 0.381. The molecule has 2 aromatic carbocycles. The van der Waals surface area contributed by atoms with E-state index in [1.807, 2.05) is 38.1 Å². The first kappa shape index (κ1) is 21.1.